The van der Waals surface area contributed by atoms with Crippen molar-refractivity contribution in [1.29, 1.82) is 0 Å². The molecule has 1 unspecified atom stereocenters. The zero-order chi connectivity index (χ0) is 11.7. The van der Waals surface area contributed by atoms with Gasteiger partial charge in [-0.2, -0.15) is 0 Å². The molecule has 0 radical (unpaired) electrons. The third kappa shape index (κ3) is 2.42. The first-order valence-corrected chi connectivity index (χ1v) is 6.89. The summed E-state index contributed by atoms with van der Waals surface area (Å²) in [6.07, 6.45) is 1.12. The Morgan fingerprint density at radius 1 is 1.41 bits per heavy atom. The highest BCUT2D eigenvalue weighted by molar-refractivity contribution is 9.11. The second kappa shape index (κ2) is 4.62. The van der Waals surface area contributed by atoms with Gasteiger partial charge in [-0.05, 0) is 27.6 Å². The average Bonchev–Trinajstić information content (AvgIpc) is 2.91. The Hall–Kier alpha value is -1.14. The number of fused-ring (bicyclic) bond motifs is 1. The average molecular weight is 312 g/mol. The molecule has 0 saturated heterocycles. The number of ether oxygens (including phenoxy) is 1. The predicted molar refractivity (Wildman–Crippen MR) is 70.7 cm³/mol. The van der Waals surface area contributed by atoms with Crippen molar-refractivity contribution in [2.24, 2.45) is 0 Å². The minimum absolute atomic E-state index is 0.176. The van der Waals surface area contributed by atoms with Gasteiger partial charge in [-0.25, -0.2) is 0 Å². The summed E-state index contributed by atoms with van der Waals surface area (Å²) < 4.78 is 6.61. The lowest BCUT2D eigenvalue weighted by molar-refractivity contribution is 0.246. The van der Waals surface area contributed by atoms with E-state index in [0.29, 0.717) is 0 Å². The van der Waals surface area contributed by atoms with E-state index in [-0.39, 0.29) is 6.10 Å². The number of hydrogen-bond acceptors (Lipinski definition) is 5. The molecule has 1 aromatic heterocycles. The van der Waals surface area contributed by atoms with Crippen molar-refractivity contribution >= 4 is 32.4 Å². The van der Waals surface area contributed by atoms with Gasteiger partial charge in [0.05, 0.1) is 6.54 Å². The SMILES string of the molecule is Brc1nnc(NCC2Cc3ccccc3O2)s1. The third-order valence-corrected chi connectivity index (χ3v) is 3.91. The standard InChI is InChI=1S/C11H10BrN3OS/c12-10-14-15-11(17-10)13-6-8-5-7-3-1-2-4-9(7)16-8/h1-4,8H,5-6H2,(H,13,15). The van der Waals surface area contributed by atoms with Gasteiger partial charge in [0.2, 0.25) is 5.13 Å². The van der Waals surface area contributed by atoms with E-state index in [1.807, 2.05) is 18.2 Å². The summed E-state index contributed by atoms with van der Waals surface area (Å²) in [7, 11) is 0. The summed E-state index contributed by atoms with van der Waals surface area (Å²) in [4.78, 5) is 0. The van der Waals surface area contributed by atoms with Crippen LogP contribution in [0, 0.1) is 0 Å². The summed E-state index contributed by atoms with van der Waals surface area (Å²) in [6.45, 7) is 0.746. The monoisotopic (exact) mass is 311 g/mol. The molecule has 0 amide bonds. The highest BCUT2D eigenvalue weighted by Crippen LogP contribution is 2.28. The summed E-state index contributed by atoms with van der Waals surface area (Å²) in [5.41, 5.74) is 1.28. The van der Waals surface area contributed by atoms with Crippen LogP contribution < -0.4 is 10.1 Å². The summed E-state index contributed by atoms with van der Waals surface area (Å²) >= 11 is 4.77. The molecule has 0 bridgehead atoms. The quantitative estimate of drug-likeness (QED) is 0.947. The van der Waals surface area contributed by atoms with Crippen LogP contribution in [0.2, 0.25) is 0 Å². The number of rotatable bonds is 3. The van der Waals surface area contributed by atoms with Crippen LogP contribution in [-0.2, 0) is 6.42 Å². The highest BCUT2D eigenvalue weighted by Gasteiger charge is 2.22. The molecule has 1 atom stereocenters. The molecule has 3 rings (SSSR count). The van der Waals surface area contributed by atoms with Gasteiger partial charge in [-0.1, -0.05) is 29.5 Å². The van der Waals surface area contributed by atoms with Gasteiger partial charge >= 0.3 is 0 Å². The molecule has 4 nitrogen and oxygen atoms in total. The van der Waals surface area contributed by atoms with Gasteiger partial charge in [-0.15, -0.1) is 10.2 Å². The Balaban J connectivity index is 1.59. The van der Waals surface area contributed by atoms with Crippen molar-refractivity contribution in [2.75, 3.05) is 11.9 Å². The van der Waals surface area contributed by atoms with Crippen LogP contribution in [0.1, 0.15) is 5.56 Å². The van der Waals surface area contributed by atoms with Crippen molar-refractivity contribution < 1.29 is 4.74 Å². The second-order valence-electron chi connectivity index (χ2n) is 3.79. The molecule has 1 aromatic carbocycles. The summed E-state index contributed by atoms with van der Waals surface area (Å²) in [5.74, 6) is 0.998. The first-order chi connectivity index (χ1) is 8.31. The lowest BCUT2D eigenvalue weighted by atomic mass is 10.1. The number of para-hydroxylation sites is 1. The minimum Gasteiger partial charge on any atom is -0.488 e. The molecule has 0 aliphatic carbocycles. The maximum absolute atomic E-state index is 5.82. The lowest BCUT2D eigenvalue weighted by Crippen LogP contribution is -2.23. The molecule has 1 aliphatic heterocycles. The molecular formula is C11H10BrN3OS. The molecule has 6 heteroatoms. The van der Waals surface area contributed by atoms with Crippen LogP contribution in [0.3, 0.4) is 0 Å². The fourth-order valence-electron chi connectivity index (χ4n) is 1.85. The van der Waals surface area contributed by atoms with Gasteiger partial charge in [-0.3, -0.25) is 0 Å². The normalized spacial score (nSPS) is 17.6. The number of aromatic nitrogens is 2. The molecular weight excluding hydrogens is 302 g/mol. The first-order valence-electron chi connectivity index (χ1n) is 5.29. The molecule has 0 saturated carbocycles. The number of nitrogens with zero attached hydrogens (tertiary/aromatic N) is 2. The van der Waals surface area contributed by atoms with Crippen LogP contribution in [0.25, 0.3) is 0 Å². The van der Waals surface area contributed by atoms with Gasteiger partial charge in [0.15, 0.2) is 3.92 Å². The van der Waals surface area contributed by atoms with E-state index in [0.717, 1.165) is 27.8 Å². The topological polar surface area (TPSA) is 47.0 Å². The van der Waals surface area contributed by atoms with E-state index in [9.17, 15) is 0 Å². The zero-order valence-electron chi connectivity index (χ0n) is 8.89. The summed E-state index contributed by atoms with van der Waals surface area (Å²) in [5, 5.41) is 11.9. The lowest BCUT2D eigenvalue weighted by Gasteiger charge is -2.10. The predicted octanol–water partition coefficient (Wildman–Crippen LogP) is 2.72. The number of hydrogen-bond donors (Lipinski definition) is 1. The number of anilines is 1. The Morgan fingerprint density at radius 3 is 3.06 bits per heavy atom. The molecule has 88 valence electrons. The van der Waals surface area contributed by atoms with Gasteiger partial charge < -0.3 is 10.1 Å². The van der Waals surface area contributed by atoms with Crippen LogP contribution in [-0.4, -0.2) is 22.8 Å². The van der Waals surface area contributed by atoms with Gasteiger partial charge in [0.25, 0.3) is 0 Å². The van der Waals surface area contributed by atoms with E-state index in [1.165, 1.54) is 16.9 Å². The van der Waals surface area contributed by atoms with Crippen LogP contribution >= 0.6 is 27.3 Å². The summed E-state index contributed by atoms with van der Waals surface area (Å²) in [6, 6.07) is 8.16. The molecule has 17 heavy (non-hydrogen) atoms. The van der Waals surface area contributed by atoms with E-state index >= 15 is 0 Å². The Morgan fingerprint density at radius 2 is 2.29 bits per heavy atom. The Bertz CT molecular complexity index is 506. The number of nitrogens with one attached hydrogen (secondary N) is 1. The van der Waals surface area contributed by atoms with Crippen molar-refractivity contribution in [3.8, 4) is 5.75 Å². The van der Waals surface area contributed by atoms with Crippen LogP contribution in [0.5, 0.6) is 5.75 Å². The smallest absolute Gasteiger partial charge is 0.206 e. The second-order valence-corrected chi connectivity index (χ2v) is 6.05. The van der Waals surface area contributed by atoms with Crippen molar-refractivity contribution in [2.45, 2.75) is 12.5 Å². The van der Waals surface area contributed by atoms with Gasteiger partial charge in [0.1, 0.15) is 11.9 Å². The fraction of sp³-hybridized carbons (Fsp3) is 0.273. The fourth-order valence-corrected chi connectivity index (χ4v) is 2.86. The van der Waals surface area contributed by atoms with Crippen LogP contribution in [0.15, 0.2) is 28.2 Å². The van der Waals surface area contributed by atoms with Crippen LogP contribution in [0.4, 0.5) is 5.13 Å². The highest BCUT2D eigenvalue weighted by atomic mass is 79.9. The van der Waals surface area contributed by atoms with E-state index in [1.54, 1.807) is 0 Å². The Kier molecular flexibility index (Phi) is 2.98. The van der Waals surface area contributed by atoms with Crippen molar-refractivity contribution in [1.82, 2.24) is 10.2 Å². The van der Waals surface area contributed by atoms with Gasteiger partial charge in [0, 0.05) is 6.42 Å². The molecule has 2 heterocycles. The van der Waals surface area contributed by atoms with E-state index in [2.05, 4.69) is 37.5 Å². The first kappa shape index (κ1) is 11.0. The Labute approximate surface area is 111 Å². The van der Waals surface area contributed by atoms with E-state index < -0.39 is 0 Å². The minimum atomic E-state index is 0.176. The molecule has 2 aromatic rings. The molecule has 0 spiro atoms. The molecule has 1 aliphatic rings. The third-order valence-electron chi connectivity index (χ3n) is 2.60. The maximum atomic E-state index is 5.82. The molecule has 1 N–H and O–H groups in total. The maximum Gasteiger partial charge on any atom is 0.206 e. The van der Waals surface area contributed by atoms with Crippen molar-refractivity contribution in [3.05, 3.63) is 33.7 Å². The molecule has 0 fully saturated rings. The largest absolute Gasteiger partial charge is 0.488 e. The number of benzene rings is 1. The van der Waals surface area contributed by atoms with E-state index in [4.69, 9.17) is 4.74 Å². The van der Waals surface area contributed by atoms with Crippen molar-refractivity contribution in [3.63, 3.8) is 0 Å². The zero-order valence-corrected chi connectivity index (χ0v) is 11.3. The number of halogens is 1.